The highest BCUT2D eigenvalue weighted by Gasteiger charge is 1.94. The molecule has 0 unspecified atom stereocenters. The van der Waals surface area contributed by atoms with E-state index in [1.165, 1.54) is 0 Å². The molecule has 2 aromatic carbocycles. The lowest BCUT2D eigenvalue weighted by atomic mass is 10.2. The molecule has 0 fully saturated rings. The van der Waals surface area contributed by atoms with Gasteiger partial charge >= 0.3 is 0 Å². The molecule has 0 N–H and O–H groups in total. The molecule has 0 bridgehead atoms. The highest BCUT2D eigenvalue weighted by molar-refractivity contribution is 5.26. The number of hydrogen-bond donors (Lipinski definition) is 0. The lowest BCUT2D eigenvalue weighted by Crippen LogP contribution is -1.94. The summed E-state index contributed by atoms with van der Waals surface area (Å²) in [5.41, 5.74) is 1.41. The maximum Gasteiger partial charge on any atom is 0.119 e. The van der Waals surface area contributed by atoms with Gasteiger partial charge < -0.3 is 4.74 Å². The first-order valence-corrected chi connectivity index (χ1v) is 4.83. The van der Waals surface area contributed by atoms with Gasteiger partial charge in [-0.15, -0.1) is 0 Å². The van der Waals surface area contributed by atoms with Crippen LogP contribution in [0.15, 0.2) is 54.6 Å². The van der Waals surface area contributed by atoms with Crippen LogP contribution in [0.25, 0.3) is 0 Å². The monoisotopic (exact) mass is 201 g/mol. The second-order valence-electron chi connectivity index (χ2n) is 3.30. The van der Waals surface area contributed by atoms with E-state index in [0.29, 0.717) is 17.9 Å². The Labute approximate surface area is 94.5 Å². The Bertz CT molecular complexity index is 489. The lowest BCUT2D eigenvalue weighted by molar-refractivity contribution is 0.306. The van der Waals surface area contributed by atoms with Crippen molar-refractivity contribution in [3.63, 3.8) is 0 Å². The highest BCUT2D eigenvalue weighted by Crippen LogP contribution is 2.13. The lowest BCUT2D eigenvalue weighted by Gasteiger charge is -2.06. The van der Waals surface area contributed by atoms with Crippen molar-refractivity contribution >= 4 is 0 Å². The smallest absolute Gasteiger partial charge is 0.119 e. The van der Waals surface area contributed by atoms with Gasteiger partial charge in [-0.25, -0.2) is 0 Å². The van der Waals surface area contributed by atoms with Crippen LogP contribution >= 0.6 is 0 Å². The molecule has 0 amide bonds. The molecule has 0 aliphatic heterocycles. The fourth-order valence-electron chi connectivity index (χ4n) is 1.29. The molecule has 0 aromatic heterocycles. The van der Waals surface area contributed by atoms with E-state index in [1.54, 1.807) is 24.3 Å². The summed E-state index contributed by atoms with van der Waals surface area (Å²) in [5.74, 6) is 0.673. The number of benzene rings is 2. The molecule has 0 saturated heterocycles. The number of aryl methyl sites for hydroxylation is 1. The summed E-state index contributed by atoms with van der Waals surface area (Å²) >= 11 is 0. The van der Waals surface area contributed by atoms with Crippen molar-refractivity contribution < 1.29 is 8.85 Å². The summed E-state index contributed by atoms with van der Waals surface area (Å²) in [4.78, 5) is 0. The zero-order valence-corrected chi connectivity index (χ0v) is 8.31. The van der Waals surface area contributed by atoms with Gasteiger partial charge in [0.05, 0.1) is 0 Å². The van der Waals surface area contributed by atoms with Gasteiger partial charge in [0.25, 0.3) is 0 Å². The van der Waals surface area contributed by atoms with Crippen molar-refractivity contribution in [2.24, 2.45) is 0 Å². The Kier molecular flexibility index (Phi) is 2.07. The summed E-state index contributed by atoms with van der Waals surface area (Å²) in [6.45, 7) is -1.58. The predicted octanol–water partition coefficient (Wildman–Crippen LogP) is 3.57. The number of rotatable bonds is 3. The van der Waals surface area contributed by atoms with Crippen molar-refractivity contribution in [1.82, 2.24) is 0 Å². The second kappa shape index (κ2) is 4.65. The van der Waals surface area contributed by atoms with Gasteiger partial charge in [-0.3, -0.25) is 0 Å². The molecule has 2 rings (SSSR count). The average Bonchev–Trinajstić information content (AvgIpc) is 2.37. The van der Waals surface area contributed by atoms with E-state index in [9.17, 15) is 0 Å². The summed E-state index contributed by atoms with van der Waals surface area (Å²) in [6.07, 6.45) is 0. The van der Waals surface area contributed by atoms with Gasteiger partial charge in [0.1, 0.15) is 12.4 Å². The summed E-state index contributed by atoms with van der Waals surface area (Å²) in [5, 5.41) is 0. The van der Waals surface area contributed by atoms with Crippen LogP contribution in [0.4, 0.5) is 0 Å². The SMILES string of the molecule is [2H]C([2H])([2H])c1ccc(OCc2ccccc2)cc1. The first-order valence-electron chi connectivity index (χ1n) is 6.33. The van der Waals surface area contributed by atoms with Crippen molar-refractivity contribution in [2.45, 2.75) is 13.5 Å². The first kappa shape index (κ1) is 6.67. The summed E-state index contributed by atoms with van der Waals surface area (Å²) in [6, 6.07) is 16.4. The van der Waals surface area contributed by atoms with Gasteiger partial charge in [0, 0.05) is 4.11 Å². The Morgan fingerprint density at radius 1 is 1.00 bits per heavy atom. The van der Waals surface area contributed by atoms with E-state index in [-0.39, 0.29) is 0 Å². The van der Waals surface area contributed by atoms with Gasteiger partial charge in [0.2, 0.25) is 0 Å². The quantitative estimate of drug-likeness (QED) is 0.737. The van der Waals surface area contributed by atoms with Crippen LogP contribution in [-0.4, -0.2) is 0 Å². The molecule has 1 nitrogen and oxygen atoms in total. The van der Waals surface area contributed by atoms with Crippen LogP contribution in [0.2, 0.25) is 0 Å². The van der Waals surface area contributed by atoms with Crippen molar-refractivity contribution in [3.8, 4) is 5.75 Å². The van der Waals surface area contributed by atoms with E-state index in [2.05, 4.69) is 0 Å². The molecular formula is C14H14O. The van der Waals surface area contributed by atoms with E-state index in [1.807, 2.05) is 30.3 Å². The molecule has 1 heteroatoms. The maximum absolute atomic E-state index is 7.27. The Morgan fingerprint density at radius 2 is 1.73 bits per heavy atom. The molecule has 0 spiro atoms. The normalized spacial score (nSPS) is 13.7. The molecule has 0 radical (unpaired) electrons. The van der Waals surface area contributed by atoms with Crippen LogP contribution in [0.3, 0.4) is 0 Å². The van der Waals surface area contributed by atoms with Crippen LogP contribution in [0.1, 0.15) is 15.2 Å². The third-order valence-corrected chi connectivity index (χ3v) is 2.10. The van der Waals surface area contributed by atoms with E-state index < -0.39 is 6.85 Å². The molecule has 0 aliphatic rings. The predicted molar refractivity (Wildman–Crippen MR) is 62.0 cm³/mol. The van der Waals surface area contributed by atoms with Gasteiger partial charge in [-0.05, 0) is 24.5 Å². The largest absolute Gasteiger partial charge is 0.489 e. The zero-order valence-electron chi connectivity index (χ0n) is 11.3. The molecular weight excluding hydrogens is 184 g/mol. The molecule has 0 aliphatic carbocycles. The fourth-order valence-corrected chi connectivity index (χ4v) is 1.29. The van der Waals surface area contributed by atoms with Crippen molar-refractivity contribution in [2.75, 3.05) is 0 Å². The molecule has 0 atom stereocenters. The second-order valence-corrected chi connectivity index (χ2v) is 3.30. The van der Waals surface area contributed by atoms with Crippen molar-refractivity contribution in [1.29, 1.82) is 0 Å². The minimum atomic E-state index is -2.06. The Hall–Kier alpha value is -1.76. The Morgan fingerprint density at radius 3 is 2.40 bits per heavy atom. The number of hydrogen-bond acceptors (Lipinski definition) is 1. The summed E-state index contributed by atoms with van der Waals surface area (Å²) in [7, 11) is 0. The van der Waals surface area contributed by atoms with Crippen LogP contribution in [0, 0.1) is 6.85 Å². The van der Waals surface area contributed by atoms with Gasteiger partial charge in [0.15, 0.2) is 0 Å². The first-order chi connectivity index (χ1) is 8.55. The maximum atomic E-state index is 7.27. The van der Waals surface area contributed by atoms with Crippen LogP contribution in [0.5, 0.6) is 5.75 Å². The van der Waals surface area contributed by atoms with Crippen molar-refractivity contribution in [3.05, 3.63) is 65.7 Å². The third kappa shape index (κ3) is 2.84. The Balaban J connectivity index is 1.99. The molecule has 0 saturated carbocycles. The van der Waals surface area contributed by atoms with Crippen LogP contribution < -0.4 is 4.74 Å². The van der Waals surface area contributed by atoms with Crippen LogP contribution in [-0.2, 0) is 6.61 Å². The minimum Gasteiger partial charge on any atom is -0.489 e. The highest BCUT2D eigenvalue weighted by atomic mass is 16.5. The van der Waals surface area contributed by atoms with Gasteiger partial charge in [-0.1, -0.05) is 48.0 Å². The fraction of sp³-hybridized carbons (Fsp3) is 0.143. The number of ether oxygens (including phenoxy) is 1. The molecule has 76 valence electrons. The topological polar surface area (TPSA) is 9.23 Å². The molecule has 2 aromatic rings. The molecule has 0 heterocycles. The third-order valence-electron chi connectivity index (χ3n) is 2.10. The van der Waals surface area contributed by atoms with Gasteiger partial charge in [-0.2, -0.15) is 0 Å². The van der Waals surface area contributed by atoms with E-state index in [0.717, 1.165) is 5.56 Å². The summed E-state index contributed by atoms with van der Waals surface area (Å²) < 4.78 is 27.4. The van der Waals surface area contributed by atoms with E-state index in [4.69, 9.17) is 8.85 Å². The standard InChI is InChI=1S/C14H14O/c1-12-7-9-14(10-8-12)15-11-13-5-3-2-4-6-13/h2-10H,11H2,1H3/i1D3. The average molecular weight is 201 g/mol. The zero-order chi connectivity index (χ0) is 13.0. The molecule has 15 heavy (non-hydrogen) atoms. The minimum absolute atomic E-state index is 0.328. The van der Waals surface area contributed by atoms with E-state index >= 15 is 0 Å².